The molecule has 0 bridgehead atoms. The van der Waals surface area contributed by atoms with E-state index < -0.39 is 39.4 Å². The predicted molar refractivity (Wildman–Crippen MR) is 80.6 cm³/mol. The molecule has 12 nitrogen and oxygen atoms in total. The minimum atomic E-state index is -2.91. The molecule has 0 aliphatic carbocycles. The van der Waals surface area contributed by atoms with Crippen molar-refractivity contribution >= 4 is 31.2 Å². The van der Waals surface area contributed by atoms with Crippen LogP contribution in [0.25, 0.3) is 11.2 Å². The van der Waals surface area contributed by atoms with Gasteiger partial charge in [0.25, 0.3) is 0 Å². The minimum absolute atomic E-state index is 0.0429. The second-order valence-electron chi connectivity index (χ2n) is 5.05. The molecule has 0 radical (unpaired) electrons. The number of nitrogen functional groups attached to an aromatic ring is 2. The average molecular weight is 359 g/mol. The fourth-order valence-electron chi connectivity index (χ4n) is 2.70. The summed E-state index contributed by atoms with van der Waals surface area (Å²) in [5.74, 6) is 0.0619. The van der Waals surface area contributed by atoms with Crippen molar-refractivity contribution in [3.8, 4) is 0 Å². The number of methoxy groups -OCH3 is 1. The molecular weight excluding hydrogens is 343 g/mol. The van der Waals surface area contributed by atoms with Gasteiger partial charge in [-0.3, -0.25) is 4.57 Å². The van der Waals surface area contributed by atoms with E-state index in [4.69, 9.17) is 30.4 Å². The van der Waals surface area contributed by atoms with Gasteiger partial charge in [0.15, 0.2) is 23.8 Å². The van der Waals surface area contributed by atoms with Crippen molar-refractivity contribution in [3.63, 3.8) is 0 Å². The zero-order valence-electron chi connectivity index (χ0n) is 12.5. The number of rotatable bonds is 5. The van der Waals surface area contributed by atoms with E-state index in [0.29, 0.717) is 11.2 Å². The molecule has 0 aromatic carbocycles. The summed E-state index contributed by atoms with van der Waals surface area (Å²) in [4.78, 5) is 21.1. The van der Waals surface area contributed by atoms with Crippen molar-refractivity contribution in [1.82, 2.24) is 19.5 Å². The Morgan fingerprint density at radius 2 is 2.17 bits per heavy atom. The normalized spacial score (nSPS) is 27.7. The molecule has 24 heavy (non-hydrogen) atoms. The molecule has 1 fully saturated rings. The number of aliphatic hydroxyl groups is 1. The zero-order chi connectivity index (χ0) is 17.4. The summed E-state index contributed by atoms with van der Waals surface area (Å²) in [7, 11) is -1.52. The van der Waals surface area contributed by atoms with Crippen molar-refractivity contribution in [2.24, 2.45) is 0 Å². The van der Waals surface area contributed by atoms with Gasteiger partial charge in [-0.1, -0.05) is 0 Å². The number of imidazole rings is 1. The van der Waals surface area contributed by atoms with Gasteiger partial charge in [0.1, 0.15) is 17.7 Å². The third-order valence-electron chi connectivity index (χ3n) is 3.69. The molecule has 3 unspecified atom stereocenters. The fourth-order valence-corrected chi connectivity index (χ4v) is 3.17. The monoisotopic (exact) mass is 359 g/mol. The van der Waals surface area contributed by atoms with Gasteiger partial charge in [-0.05, 0) is 0 Å². The highest BCUT2D eigenvalue weighted by atomic mass is 31.1. The summed E-state index contributed by atoms with van der Waals surface area (Å²) >= 11 is 0. The Balaban J connectivity index is 2.03. The molecule has 5 atom stereocenters. The lowest BCUT2D eigenvalue weighted by Crippen LogP contribution is -2.36. The number of aromatic nitrogens is 4. The van der Waals surface area contributed by atoms with Gasteiger partial charge in [-0.2, -0.15) is 9.97 Å². The largest absolute Gasteiger partial charge is 0.695 e. The lowest BCUT2D eigenvalue weighted by atomic mass is 10.1. The van der Waals surface area contributed by atoms with Crippen molar-refractivity contribution in [1.29, 1.82) is 0 Å². The molecule has 1 aliphatic heterocycles. The van der Waals surface area contributed by atoms with Crippen LogP contribution >= 0.6 is 8.25 Å². The summed E-state index contributed by atoms with van der Waals surface area (Å²) in [5.41, 5.74) is 12.0. The summed E-state index contributed by atoms with van der Waals surface area (Å²) in [6.45, 7) is -0.434. The minimum Gasteiger partial charge on any atom is -0.394 e. The van der Waals surface area contributed by atoms with E-state index >= 15 is 0 Å². The standard InChI is InChI=1S/C11H15N6O6P/c1-21-7-6(23-24(19)20)4(2-18)22-10(7)17-3-14-5-8(12)15-11(13)16-9(5)17/h3-4,6-7,10,18H,2H2,1H3,(H4-,12,13,15,16,19,20)/p+1/t4-,6?,7?,10-/m1/s1. The summed E-state index contributed by atoms with van der Waals surface area (Å²) < 4.78 is 28.5. The third-order valence-corrected chi connectivity index (χ3v) is 4.11. The number of aliphatic hydroxyl groups excluding tert-OH is 1. The first-order valence-corrected chi connectivity index (χ1v) is 7.96. The number of anilines is 2. The number of hydrogen-bond donors (Lipinski definition) is 4. The van der Waals surface area contributed by atoms with Crippen LogP contribution in [-0.4, -0.2) is 61.5 Å². The Kier molecular flexibility index (Phi) is 4.58. The van der Waals surface area contributed by atoms with E-state index in [2.05, 4.69) is 15.0 Å². The molecule has 0 saturated carbocycles. The van der Waals surface area contributed by atoms with Gasteiger partial charge in [0, 0.05) is 11.7 Å². The SMILES string of the molecule is COC1C(O[P+](=O)O)[C@@H](CO)O[C@H]1n1cnc2c(N)nc(N)nc21. The Labute approximate surface area is 136 Å². The topological polar surface area (TPSA) is 181 Å². The van der Waals surface area contributed by atoms with E-state index in [1.165, 1.54) is 18.0 Å². The Bertz CT molecular complexity index is 771. The van der Waals surface area contributed by atoms with Crippen LogP contribution in [0.2, 0.25) is 0 Å². The van der Waals surface area contributed by atoms with Crippen molar-refractivity contribution in [2.75, 3.05) is 25.2 Å². The van der Waals surface area contributed by atoms with E-state index in [9.17, 15) is 9.67 Å². The van der Waals surface area contributed by atoms with Crippen molar-refractivity contribution < 1.29 is 28.6 Å². The number of hydrogen-bond acceptors (Lipinski definition) is 10. The van der Waals surface area contributed by atoms with E-state index in [-0.39, 0.29) is 11.8 Å². The molecule has 6 N–H and O–H groups in total. The first-order chi connectivity index (χ1) is 11.5. The molecule has 130 valence electrons. The maximum atomic E-state index is 11.0. The lowest BCUT2D eigenvalue weighted by molar-refractivity contribution is -0.0583. The highest BCUT2D eigenvalue weighted by molar-refractivity contribution is 7.32. The zero-order valence-corrected chi connectivity index (χ0v) is 13.4. The molecule has 0 amide bonds. The fraction of sp³-hybridized carbons (Fsp3) is 0.545. The Morgan fingerprint density at radius 3 is 2.79 bits per heavy atom. The van der Waals surface area contributed by atoms with Crippen molar-refractivity contribution in [2.45, 2.75) is 24.5 Å². The second kappa shape index (κ2) is 6.51. The third kappa shape index (κ3) is 2.79. The van der Waals surface area contributed by atoms with Crippen LogP contribution in [0.15, 0.2) is 6.33 Å². The highest BCUT2D eigenvalue weighted by Crippen LogP contribution is 2.38. The molecule has 1 saturated heterocycles. The van der Waals surface area contributed by atoms with Crippen LogP contribution in [0, 0.1) is 0 Å². The van der Waals surface area contributed by atoms with Gasteiger partial charge in [0.05, 0.1) is 12.9 Å². The Hall–Kier alpha value is -1.95. The summed E-state index contributed by atoms with van der Waals surface area (Å²) in [6, 6.07) is 0. The molecule has 0 spiro atoms. The molecule has 2 aromatic rings. The van der Waals surface area contributed by atoms with Gasteiger partial charge >= 0.3 is 8.25 Å². The first kappa shape index (κ1) is 16.9. The maximum Gasteiger partial charge on any atom is 0.695 e. The van der Waals surface area contributed by atoms with Crippen LogP contribution < -0.4 is 11.5 Å². The van der Waals surface area contributed by atoms with Gasteiger partial charge < -0.3 is 26.0 Å². The Morgan fingerprint density at radius 1 is 1.42 bits per heavy atom. The average Bonchev–Trinajstić information content (AvgIpc) is 3.07. The number of nitrogens with zero attached hydrogens (tertiary/aromatic N) is 4. The lowest BCUT2D eigenvalue weighted by Gasteiger charge is -2.19. The van der Waals surface area contributed by atoms with Crippen LogP contribution in [-0.2, 0) is 18.6 Å². The molecule has 13 heteroatoms. The predicted octanol–water partition coefficient (Wildman–Crippen LogP) is -1.07. The van der Waals surface area contributed by atoms with Gasteiger partial charge in [-0.25, -0.2) is 4.98 Å². The molecule has 2 aromatic heterocycles. The van der Waals surface area contributed by atoms with E-state index in [1.54, 1.807) is 0 Å². The van der Waals surface area contributed by atoms with E-state index in [0.717, 1.165) is 0 Å². The van der Waals surface area contributed by atoms with Crippen LogP contribution in [0.4, 0.5) is 11.8 Å². The summed E-state index contributed by atoms with van der Waals surface area (Å²) in [6.07, 6.45) is -2.07. The smallest absolute Gasteiger partial charge is 0.394 e. The quantitative estimate of drug-likeness (QED) is 0.477. The summed E-state index contributed by atoms with van der Waals surface area (Å²) in [5, 5.41) is 9.45. The van der Waals surface area contributed by atoms with Crippen LogP contribution in [0.1, 0.15) is 6.23 Å². The van der Waals surface area contributed by atoms with Gasteiger partial charge in [-0.15, -0.1) is 9.42 Å². The molecule has 3 rings (SSSR count). The van der Waals surface area contributed by atoms with Crippen LogP contribution in [0.3, 0.4) is 0 Å². The van der Waals surface area contributed by atoms with Gasteiger partial charge in [0.2, 0.25) is 5.95 Å². The first-order valence-electron chi connectivity index (χ1n) is 6.83. The van der Waals surface area contributed by atoms with Crippen LogP contribution in [0.5, 0.6) is 0 Å². The molecule has 1 aliphatic rings. The maximum absolute atomic E-state index is 11.0. The highest BCUT2D eigenvalue weighted by Gasteiger charge is 2.51. The number of fused-ring (bicyclic) bond motifs is 1. The molecular formula is C11H16N6O6P+. The second-order valence-corrected chi connectivity index (χ2v) is 5.73. The molecule has 3 heterocycles. The van der Waals surface area contributed by atoms with Crippen molar-refractivity contribution in [3.05, 3.63) is 6.33 Å². The van der Waals surface area contributed by atoms with E-state index in [1.807, 2.05) is 0 Å². The number of ether oxygens (including phenoxy) is 2. The number of nitrogens with two attached hydrogens (primary N) is 2.